The van der Waals surface area contributed by atoms with Gasteiger partial charge >= 0.3 is 5.97 Å². The van der Waals surface area contributed by atoms with Gasteiger partial charge in [0, 0.05) is 18.4 Å². The van der Waals surface area contributed by atoms with Crippen LogP contribution in [-0.4, -0.2) is 40.6 Å². The van der Waals surface area contributed by atoms with Crippen LogP contribution in [0.15, 0.2) is 30.3 Å². The van der Waals surface area contributed by atoms with Crippen LogP contribution in [0.3, 0.4) is 0 Å². The predicted octanol–water partition coefficient (Wildman–Crippen LogP) is 3.06. The predicted molar refractivity (Wildman–Crippen MR) is 85.8 cm³/mol. The minimum absolute atomic E-state index is 0.131. The molecule has 1 aromatic carbocycles. The highest BCUT2D eigenvalue weighted by Crippen LogP contribution is 2.32. The lowest BCUT2D eigenvalue weighted by Gasteiger charge is -2.29. The summed E-state index contributed by atoms with van der Waals surface area (Å²) in [6, 6.07) is 10.1. The van der Waals surface area contributed by atoms with Crippen molar-refractivity contribution in [1.82, 2.24) is 4.90 Å². The van der Waals surface area contributed by atoms with Gasteiger partial charge in [0.2, 0.25) is 11.6 Å². The first-order chi connectivity index (χ1) is 10.7. The molecule has 1 N–H and O–H groups in total. The molecule has 1 aromatic rings. The molecule has 1 saturated heterocycles. The Kier molecular flexibility index (Phi) is 5.07. The van der Waals surface area contributed by atoms with Gasteiger partial charge in [0.1, 0.15) is 0 Å². The van der Waals surface area contributed by atoms with E-state index in [-0.39, 0.29) is 25.4 Å². The maximum Gasteiger partial charge on any atom is 0.343 e. The summed E-state index contributed by atoms with van der Waals surface area (Å²) in [5, 5.41) is 8.93. The van der Waals surface area contributed by atoms with E-state index in [1.807, 2.05) is 32.0 Å². The Morgan fingerprint density at radius 2 is 1.96 bits per heavy atom. The van der Waals surface area contributed by atoms with Gasteiger partial charge in [-0.1, -0.05) is 44.2 Å². The SMILES string of the molecule is CC(C)(CCCc1ccccc1)C(=O)N1CCC(F)(C(=O)O)C1. The second-order valence-electron chi connectivity index (χ2n) is 6.97. The number of alkyl halides is 1. The molecule has 1 amide bonds. The fourth-order valence-electron chi connectivity index (χ4n) is 3.03. The highest BCUT2D eigenvalue weighted by molar-refractivity contribution is 5.85. The van der Waals surface area contributed by atoms with Gasteiger partial charge in [-0.05, 0) is 24.8 Å². The second-order valence-corrected chi connectivity index (χ2v) is 6.97. The van der Waals surface area contributed by atoms with Crippen LogP contribution >= 0.6 is 0 Å². The molecule has 1 aliphatic heterocycles. The van der Waals surface area contributed by atoms with Crippen LogP contribution in [0, 0.1) is 5.41 Å². The molecule has 0 bridgehead atoms. The number of benzene rings is 1. The van der Waals surface area contributed by atoms with Crippen molar-refractivity contribution in [3.05, 3.63) is 35.9 Å². The summed E-state index contributed by atoms with van der Waals surface area (Å²) in [5.74, 6) is -1.64. The molecule has 4 nitrogen and oxygen atoms in total. The summed E-state index contributed by atoms with van der Waals surface area (Å²) >= 11 is 0. The monoisotopic (exact) mass is 321 g/mol. The average molecular weight is 321 g/mol. The Hall–Kier alpha value is -1.91. The Labute approximate surface area is 136 Å². The largest absolute Gasteiger partial charge is 0.479 e. The molecule has 0 spiro atoms. The van der Waals surface area contributed by atoms with Crippen molar-refractivity contribution in [2.75, 3.05) is 13.1 Å². The van der Waals surface area contributed by atoms with Crippen molar-refractivity contribution in [2.45, 2.75) is 45.2 Å². The summed E-state index contributed by atoms with van der Waals surface area (Å²) < 4.78 is 14.1. The molecule has 0 radical (unpaired) electrons. The number of hydrogen-bond acceptors (Lipinski definition) is 2. The van der Waals surface area contributed by atoms with Gasteiger partial charge in [-0.2, -0.15) is 0 Å². The lowest BCUT2D eigenvalue weighted by Crippen LogP contribution is -2.43. The molecular formula is C18H24FNO3. The van der Waals surface area contributed by atoms with Crippen LogP contribution in [0.1, 0.15) is 38.7 Å². The van der Waals surface area contributed by atoms with E-state index in [0.717, 1.165) is 12.8 Å². The van der Waals surface area contributed by atoms with Crippen molar-refractivity contribution in [2.24, 2.45) is 5.41 Å². The molecule has 1 atom stereocenters. The number of rotatable bonds is 6. The summed E-state index contributed by atoms with van der Waals surface area (Å²) in [4.78, 5) is 24.9. The number of aliphatic carboxylic acids is 1. The van der Waals surface area contributed by atoms with Crippen LogP contribution in [0.4, 0.5) is 4.39 Å². The topological polar surface area (TPSA) is 57.6 Å². The normalized spacial score (nSPS) is 21.4. The molecule has 5 heteroatoms. The third-order valence-electron chi connectivity index (χ3n) is 4.58. The molecule has 1 heterocycles. The van der Waals surface area contributed by atoms with E-state index in [9.17, 15) is 14.0 Å². The van der Waals surface area contributed by atoms with Gasteiger partial charge in [0.05, 0.1) is 6.54 Å². The Bertz CT molecular complexity index is 573. The molecule has 2 rings (SSSR count). The van der Waals surface area contributed by atoms with E-state index < -0.39 is 17.1 Å². The third kappa shape index (κ3) is 4.09. The molecule has 0 aromatic heterocycles. The number of carbonyl (C=O) groups excluding carboxylic acids is 1. The average Bonchev–Trinajstić information content (AvgIpc) is 2.91. The molecule has 1 aliphatic rings. The third-order valence-corrected chi connectivity index (χ3v) is 4.58. The zero-order valence-corrected chi connectivity index (χ0v) is 13.7. The van der Waals surface area contributed by atoms with E-state index in [4.69, 9.17) is 5.11 Å². The van der Waals surface area contributed by atoms with E-state index in [2.05, 4.69) is 12.1 Å². The van der Waals surface area contributed by atoms with Crippen molar-refractivity contribution >= 4 is 11.9 Å². The van der Waals surface area contributed by atoms with Crippen LogP contribution in [0.5, 0.6) is 0 Å². The van der Waals surface area contributed by atoms with Gasteiger partial charge in [-0.15, -0.1) is 0 Å². The zero-order chi connectivity index (χ0) is 17.1. The number of likely N-dealkylation sites (tertiary alicyclic amines) is 1. The number of aryl methyl sites for hydroxylation is 1. The number of nitrogens with zero attached hydrogens (tertiary/aromatic N) is 1. The number of carbonyl (C=O) groups is 2. The Morgan fingerprint density at radius 3 is 2.52 bits per heavy atom. The fourth-order valence-corrected chi connectivity index (χ4v) is 3.03. The van der Waals surface area contributed by atoms with Crippen LogP contribution in [0.2, 0.25) is 0 Å². The number of amides is 1. The molecule has 1 unspecified atom stereocenters. The number of halogens is 1. The molecule has 23 heavy (non-hydrogen) atoms. The first-order valence-corrected chi connectivity index (χ1v) is 8.00. The number of hydrogen-bond donors (Lipinski definition) is 1. The highest BCUT2D eigenvalue weighted by Gasteiger charge is 2.48. The zero-order valence-electron chi connectivity index (χ0n) is 13.7. The lowest BCUT2D eigenvalue weighted by molar-refractivity contribution is -0.151. The molecule has 0 aliphatic carbocycles. The van der Waals surface area contributed by atoms with Gasteiger partial charge in [-0.25, -0.2) is 9.18 Å². The Balaban J connectivity index is 1.89. The molecule has 0 saturated carbocycles. The highest BCUT2D eigenvalue weighted by atomic mass is 19.1. The minimum atomic E-state index is -2.30. The van der Waals surface area contributed by atoms with E-state index in [1.165, 1.54) is 10.5 Å². The molecule has 1 fully saturated rings. The minimum Gasteiger partial charge on any atom is -0.479 e. The molecule has 126 valence electrons. The second kappa shape index (κ2) is 6.69. The van der Waals surface area contributed by atoms with E-state index in [0.29, 0.717) is 6.42 Å². The van der Waals surface area contributed by atoms with E-state index >= 15 is 0 Å². The summed E-state index contributed by atoms with van der Waals surface area (Å²) in [7, 11) is 0. The summed E-state index contributed by atoms with van der Waals surface area (Å²) in [5.41, 5.74) is -1.68. The van der Waals surface area contributed by atoms with Gasteiger partial charge in [0.15, 0.2) is 0 Å². The van der Waals surface area contributed by atoms with Crippen molar-refractivity contribution in [3.8, 4) is 0 Å². The van der Waals surface area contributed by atoms with Gasteiger partial charge in [0.25, 0.3) is 0 Å². The van der Waals surface area contributed by atoms with Crippen molar-refractivity contribution in [3.63, 3.8) is 0 Å². The lowest BCUT2D eigenvalue weighted by atomic mass is 9.85. The molecular weight excluding hydrogens is 297 g/mol. The first-order valence-electron chi connectivity index (χ1n) is 8.00. The number of carboxylic acid groups (broad SMARTS) is 1. The van der Waals surface area contributed by atoms with Crippen LogP contribution in [-0.2, 0) is 16.0 Å². The van der Waals surface area contributed by atoms with Crippen LogP contribution in [0.25, 0.3) is 0 Å². The Morgan fingerprint density at radius 1 is 1.30 bits per heavy atom. The standard InChI is InChI=1S/C18H24FNO3/c1-17(2,10-6-9-14-7-4-3-5-8-14)15(21)20-12-11-18(19,13-20)16(22)23/h3-5,7-8H,6,9-13H2,1-2H3,(H,22,23). The van der Waals surface area contributed by atoms with Gasteiger partial charge in [-0.3, -0.25) is 4.79 Å². The first kappa shape index (κ1) is 17.4. The fraction of sp³-hybridized carbons (Fsp3) is 0.556. The van der Waals surface area contributed by atoms with Crippen molar-refractivity contribution in [1.29, 1.82) is 0 Å². The number of carboxylic acids is 1. The maximum absolute atomic E-state index is 14.1. The summed E-state index contributed by atoms with van der Waals surface area (Å²) in [6.07, 6.45) is 2.30. The van der Waals surface area contributed by atoms with Gasteiger partial charge < -0.3 is 10.0 Å². The van der Waals surface area contributed by atoms with Crippen LogP contribution < -0.4 is 0 Å². The van der Waals surface area contributed by atoms with Crippen molar-refractivity contribution < 1.29 is 19.1 Å². The van der Waals surface area contributed by atoms with E-state index in [1.54, 1.807) is 0 Å². The maximum atomic E-state index is 14.1. The summed E-state index contributed by atoms with van der Waals surface area (Å²) in [6.45, 7) is 3.52. The quantitative estimate of drug-likeness (QED) is 0.876. The smallest absolute Gasteiger partial charge is 0.343 e.